The van der Waals surface area contributed by atoms with Crippen LogP contribution in [0.3, 0.4) is 0 Å². The van der Waals surface area contributed by atoms with E-state index in [0.717, 1.165) is 5.56 Å². The summed E-state index contributed by atoms with van der Waals surface area (Å²) in [6.07, 6.45) is 1.67. The Labute approximate surface area is 307 Å². The topological polar surface area (TPSA) is 29.3 Å². The fourth-order valence-electron chi connectivity index (χ4n) is 8.34. The Hall–Kier alpha value is -5.81. The Morgan fingerprint density at radius 2 is 1.33 bits per heavy atom. The molecular formula is C48H37N3S. The number of hydrogen-bond acceptors (Lipinski definition) is 3. The second-order valence-corrected chi connectivity index (χ2v) is 15.4. The highest BCUT2D eigenvalue weighted by atomic mass is 32.1. The van der Waals surface area contributed by atoms with Gasteiger partial charge >= 0.3 is 0 Å². The number of aromatic nitrogens is 1. The van der Waals surface area contributed by atoms with Gasteiger partial charge in [-0.25, -0.2) is 0 Å². The van der Waals surface area contributed by atoms with E-state index < -0.39 is 0 Å². The molecule has 1 unspecified atom stereocenters. The standard InChI is InChI=1S/C48H37N3S/c1-48(2)41-26-33(34-20-13-21-38-37-19-10-12-23-45(37)52-46(34)38)24-25-35(41)39-28-44-40(27-42(39)48)36-18-9-11-22-43(36)51(44)47(49-29-31-14-5-3-6-15-31)50-30-32-16-7-4-8-17-32/h3-29,47,50H,30H2,1-2H3/b49-29+. The van der Waals surface area contributed by atoms with Crippen LogP contribution in [-0.4, -0.2) is 10.8 Å². The lowest BCUT2D eigenvalue weighted by Crippen LogP contribution is -2.25. The normalized spacial score (nSPS) is 14.1. The van der Waals surface area contributed by atoms with Crippen molar-refractivity contribution in [3.05, 3.63) is 180 Å². The summed E-state index contributed by atoms with van der Waals surface area (Å²) >= 11 is 1.90. The van der Waals surface area contributed by atoms with E-state index in [1.165, 1.54) is 80.9 Å². The third-order valence-corrected chi connectivity index (χ3v) is 12.2. The first-order valence-corrected chi connectivity index (χ1v) is 18.8. The van der Waals surface area contributed by atoms with Gasteiger partial charge in [-0.15, -0.1) is 11.3 Å². The number of aliphatic imine (C=N–C) groups is 1. The molecule has 10 rings (SSSR count). The smallest absolute Gasteiger partial charge is 0.180 e. The van der Waals surface area contributed by atoms with E-state index in [1.807, 2.05) is 23.6 Å². The van der Waals surface area contributed by atoms with Crippen LogP contribution in [0.4, 0.5) is 0 Å². The second kappa shape index (κ2) is 12.2. The molecular weight excluding hydrogens is 651 g/mol. The maximum Gasteiger partial charge on any atom is 0.180 e. The molecule has 1 atom stereocenters. The van der Waals surface area contributed by atoms with E-state index >= 15 is 0 Å². The lowest BCUT2D eigenvalue weighted by atomic mass is 9.81. The minimum atomic E-state index is -0.320. The van der Waals surface area contributed by atoms with Gasteiger partial charge in [0.25, 0.3) is 0 Å². The second-order valence-electron chi connectivity index (χ2n) is 14.4. The largest absolute Gasteiger partial charge is 0.305 e. The molecule has 2 heterocycles. The van der Waals surface area contributed by atoms with Gasteiger partial charge in [-0.3, -0.25) is 10.3 Å². The molecule has 0 radical (unpaired) electrons. The summed E-state index contributed by atoms with van der Waals surface area (Å²) in [6, 6.07) is 57.3. The molecule has 0 saturated carbocycles. The van der Waals surface area contributed by atoms with Crippen LogP contribution >= 0.6 is 11.3 Å². The average molecular weight is 688 g/mol. The van der Waals surface area contributed by atoms with Crippen LogP contribution in [0.2, 0.25) is 0 Å². The predicted molar refractivity (Wildman–Crippen MR) is 222 cm³/mol. The molecule has 7 aromatic carbocycles. The van der Waals surface area contributed by atoms with E-state index in [-0.39, 0.29) is 11.7 Å². The molecule has 0 aliphatic heterocycles. The van der Waals surface area contributed by atoms with Crippen molar-refractivity contribution in [2.75, 3.05) is 0 Å². The average Bonchev–Trinajstić information content (AvgIpc) is 3.80. The molecule has 1 N–H and O–H groups in total. The van der Waals surface area contributed by atoms with Gasteiger partial charge in [0.1, 0.15) is 0 Å². The Kier molecular flexibility index (Phi) is 7.24. The third kappa shape index (κ3) is 4.94. The SMILES string of the molecule is CC1(C)c2cc(-c3cccc4c3sc3ccccc34)ccc2-c2cc3c(cc21)c1ccccc1n3C(/N=C/c1ccccc1)NCc1ccccc1. The summed E-state index contributed by atoms with van der Waals surface area (Å²) in [5, 5.41) is 8.98. The Balaban J connectivity index is 1.14. The summed E-state index contributed by atoms with van der Waals surface area (Å²) in [7, 11) is 0. The van der Waals surface area contributed by atoms with E-state index in [0.29, 0.717) is 6.54 Å². The van der Waals surface area contributed by atoms with Gasteiger partial charge in [-0.1, -0.05) is 141 Å². The summed E-state index contributed by atoms with van der Waals surface area (Å²) in [6.45, 7) is 5.48. The highest BCUT2D eigenvalue weighted by Gasteiger charge is 2.37. The molecule has 1 aliphatic rings. The maximum absolute atomic E-state index is 5.23. The fourth-order valence-corrected chi connectivity index (χ4v) is 9.58. The molecule has 0 saturated heterocycles. The van der Waals surface area contributed by atoms with Gasteiger partial charge in [0.05, 0.1) is 11.0 Å². The number of nitrogens with zero attached hydrogens (tertiary/aromatic N) is 2. The van der Waals surface area contributed by atoms with Crippen LogP contribution in [0.25, 0.3) is 64.2 Å². The minimum Gasteiger partial charge on any atom is -0.305 e. The number of hydrogen-bond donors (Lipinski definition) is 1. The third-order valence-electron chi connectivity index (χ3n) is 11.0. The first-order chi connectivity index (χ1) is 25.5. The van der Waals surface area contributed by atoms with Crippen LogP contribution in [0.15, 0.2) is 163 Å². The first-order valence-electron chi connectivity index (χ1n) is 18.0. The van der Waals surface area contributed by atoms with Gasteiger partial charge in [-0.2, -0.15) is 0 Å². The summed E-state index contributed by atoms with van der Waals surface area (Å²) in [5.41, 5.74) is 12.4. The Bertz CT molecular complexity index is 2820. The van der Waals surface area contributed by atoms with Crippen molar-refractivity contribution < 1.29 is 0 Å². The number of benzene rings is 7. The predicted octanol–water partition coefficient (Wildman–Crippen LogP) is 12.5. The summed E-state index contributed by atoms with van der Waals surface area (Å²) in [4.78, 5) is 5.23. The van der Waals surface area contributed by atoms with Crippen molar-refractivity contribution in [3.63, 3.8) is 0 Å². The van der Waals surface area contributed by atoms with Crippen LogP contribution in [-0.2, 0) is 12.0 Å². The zero-order valence-corrected chi connectivity index (χ0v) is 30.0. The van der Waals surface area contributed by atoms with Gasteiger partial charge in [-0.05, 0) is 74.8 Å². The molecule has 52 heavy (non-hydrogen) atoms. The quantitative estimate of drug-likeness (QED) is 0.166. The van der Waals surface area contributed by atoms with Crippen molar-refractivity contribution >= 4 is 59.5 Å². The number of rotatable bonds is 7. The van der Waals surface area contributed by atoms with Crippen LogP contribution in [0.1, 0.15) is 42.4 Å². The van der Waals surface area contributed by atoms with Crippen LogP contribution < -0.4 is 5.32 Å². The lowest BCUT2D eigenvalue weighted by molar-refractivity contribution is 0.440. The van der Waals surface area contributed by atoms with Crippen molar-refractivity contribution in [3.8, 4) is 22.3 Å². The van der Waals surface area contributed by atoms with Crippen molar-refractivity contribution in [1.82, 2.24) is 9.88 Å². The van der Waals surface area contributed by atoms with Gasteiger partial charge in [0, 0.05) is 49.1 Å². The van der Waals surface area contributed by atoms with E-state index in [4.69, 9.17) is 4.99 Å². The number of para-hydroxylation sites is 1. The summed E-state index contributed by atoms with van der Waals surface area (Å²) in [5.74, 6) is 0. The maximum atomic E-state index is 5.23. The van der Waals surface area contributed by atoms with Crippen molar-refractivity contribution in [2.45, 2.75) is 32.1 Å². The van der Waals surface area contributed by atoms with Gasteiger partial charge in [0.15, 0.2) is 6.29 Å². The van der Waals surface area contributed by atoms with Crippen LogP contribution in [0.5, 0.6) is 0 Å². The molecule has 2 aromatic heterocycles. The lowest BCUT2D eigenvalue weighted by Gasteiger charge is -2.22. The van der Waals surface area contributed by atoms with Crippen molar-refractivity contribution in [2.24, 2.45) is 4.99 Å². The van der Waals surface area contributed by atoms with Crippen LogP contribution in [0, 0.1) is 0 Å². The zero-order valence-electron chi connectivity index (χ0n) is 29.2. The van der Waals surface area contributed by atoms with Gasteiger partial charge < -0.3 is 4.57 Å². The van der Waals surface area contributed by atoms with Crippen molar-refractivity contribution in [1.29, 1.82) is 0 Å². The molecule has 0 bridgehead atoms. The monoisotopic (exact) mass is 687 g/mol. The number of nitrogens with one attached hydrogen (secondary N) is 1. The van der Waals surface area contributed by atoms with E-state index in [1.54, 1.807) is 0 Å². The molecule has 4 heteroatoms. The minimum absolute atomic E-state index is 0.164. The molecule has 0 amide bonds. The fraction of sp³-hybridized carbons (Fsp3) is 0.104. The first kappa shape index (κ1) is 31.0. The van der Waals surface area contributed by atoms with E-state index in [9.17, 15) is 0 Å². The summed E-state index contributed by atoms with van der Waals surface area (Å²) < 4.78 is 5.09. The van der Waals surface area contributed by atoms with E-state index in [2.05, 4.69) is 175 Å². The molecule has 250 valence electrons. The molecule has 0 spiro atoms. The zero-order chi connectivity index (χ0) is 34.8. The number of thiophene rings is 1. The highest BCUT2D eigenvalue weighted by Crippen LogP contribution is 2.52. The van der Waals surface area contributed by atoms with Gasteiger partial charge in [0.2, 0.25) is 0 Å². The molecule has 1 aliphatic carbocycles. The Morgan fingerprint density at radius 3 is 2.17 bits per heavy atom. The number of fused-ring (bicyclic) bond motifs is 9. The molecule has 0 fully saturated rings. The molecule has 3 nitrogen and oxygen atoms in total. The Morgan fingerprint density at radius 1 is 0.615 bits per heavy atom. The highest BCUT2D eigenvalue weighted by molar-refractivity contribution is 7.26. The molecule has 9 aromatic rings.